The van der Waals surface area contributed by atoms with Gasteiger partial charge >= 0.3 is 5.97 Å². The van der Waals surface area contributed by atoms with Crippen molar-refractivity contribution in [2.24, 2.45) is 0 Å². The van der Waals surface area contributed by atoms with Crippen molar-refractivity contribution in [1.29, 1.82) is 0 Å². The zero-order valence-corrected chi connectivity index (χ0v) is 17.9. The Morgan fingerprint density at radius 1 is 0.938 bits per heavy atom. The first-order valence-corrected chi connectivity index (χ1v) is 10.1. The van der Waals surface area contributed by atoms with Gasteiger partial charge in [-0.15, -0.1) is 0 Å². The minimum Gasteiger partial charge on any atom is -0.493 e. The maximum absolute atomic E-state index is 13.5. The van der Waals surface area contributed by atoms with Crippen LogP contribution in [-0.4, -0.2) is 35.5 Å². The number of carbonyl (C=O) groups is 2. The molecule has 0 aliphatic rings. The zero-order valence-electron chi connectivity index (χ0n) is 17.9. The Bertz CT molecular complexity index is 1080. The van der Waals surface area contributed by atoms with Crippen LogP contribution in [0.15, 0.2) is 66.7 Å². The minimum atomic E-state index is -0.990. The SMILES string of the molecule is CCCN(Cc1ccc(C(=O)O)cc1)C(=O)c1ccc(Oc2cc(F)ccc2OC)cc1. The summed E-state index contributed by atoms with van der Waals surface area (Å²) in [6, 6.07) is 17.1. The van der Waals surface area contributed by atoms with Gasteiger partial charge in [-0.2, -0.15) is 0 Å². The average molecular weight is 437 g/mol. The molecule has 7 heteroatoms. The van der Waals surface area contributed by atoms with Crippen LogP contribution in [-0.2, 0) is 6.54 Å². The van der Waals surface area contributed by atoms with Gasteiger partial charge in [-0.3, -0.25) is 4.79 Å². The first kappa shape index (κ1) is 22.8. The molecule has 1 N–H and O–H groups in total. The summed E-state index contributed by atoms with van der Waals surface area (Å²) in [7, 11) is 1.47. The Kier molecular flexibility index (Phi) is 7.44. The van der Waals surface area contributed by atoms with Gasteiger partial charge in [-0.05, 0) is 60.5 Å². The Labute approximate surface area is 185 Å². The van der Waals surface area contributed by atoms with E-state index in [9.17, 15) is 14.0 Å². The lowest BCUT2D eigenvalue weighted by molar-refractivity contribution is 0.0694. The number of rotatable bonds is 9. The molecule has 0 saturated carbocycles. The highest BCUT2D eigenvalue weighted by Crippen LogP contribution is 2.32. The minimum absolute atomic E-state index is 0.149. The van der Waals surface area contributed by atoms with Crippen LogP contribution < -0.4 is 9.47 Å². The fourth-order valence-corrected chi connectivity index (χ4v) is 3.20. The molecule has 0 aliphatic carbocycles. The van der Waals surface area contributed by atoms with Crippen molar-refractivity contribution in [1.82, 2.24) is 4.90 Å². The molecular weight excluding hydrogens is 413 g/mol. The fourth-order valence-electron chi connectivity index (χ4n) is 3.20. The molecular formula is C25H24FNO5. The monoisotopic (exact) mass is 437 g/mol. The molecule has 3 aromatic rings. The number of carbonyl (C=O) groups excluding carboxylic acids is 1. The fraction of sp³-hybridized carbons (Fsp3) is 0.200. The van der Waals surface area contributed by atoms with Crippen molar-refractivity contribution < 1.29 is 28.6 Å². The first-order chi connectivity index (χ1) is 15.4. The van der Waals surface area contributed by atoms with Gasteiger partial charge < -0.3 is 19.5 Å². The van der Waals surface area contributed by atoms with E-state index >= 15 is 0 Å². The number of methoxy groups -OCH3 is 1. The van der Waals surface area contributed by atoms with E-state index in [1.54, 1.807) is 41.3 Å². The standard InChI is InChI=1S/C25H24FNO5/c1-3-14-27(16-17-4-6-19(7-5-17)25(29)30)24(28)18-8-11-21(12-9-18)32-23-15-20(26)10-13-22(23)31-2/h4-13,15H,3,14,16H2,1-2H3,(H,29,30). The Morgan fingerprint density at radius 2 is 1.59 bits per heavy atom. The molecule has 0 aromatic heterocycles. The maximum atomic E-state index is 13.5. The van der Waals surface area contributed by atoms with Crippen molar-refractivity contribution in [3.05, 3.63) is 89.2 Å². The highest BCUT2D eigenvalue weighted by Gasteiger charge is 2.16. The second-order valence-electron chi connectivity index (χ2n) is 7.15. The van der Waals surface area contributed by atoms with Crippen molar-refractivity contribution in [3.8, 4) is 17.2 Å². The second kappa shape index (κ2) is 10.4. The quantitative estimate of drug-likeness (QED) is 0.487. The van der Waals surface area contributed by atoms with E-state index in [1.165, 1.54) is 37.4 Å². The van der Waals surface area contributed by atoms with Crippen molar-refractivity contribution >= 4 is 11.9 Å². The van der Waals surface area contributed by atoms with Crippen LogP contribution in [0.2, 0.25) is 0 Å². The summed E-state index contributed by atoms with van der Waals surface area (Å²) in [5.41, 5.74) is 1.53. The summed E-state index contributed by atoms with van der Waals surface area (Å²) in [6.45, 7) is 2.90. The number of carboxylic acid groups (broad SMARTS) is 1. The zero-order chi connectivity index (χ0) is 23.1. The summed E-state index contributed by atoms with van der Waals surface area (Å²) >= 11 is 0. The van der Waals surface area contributed by atoms with Crippen LogP contribution in [0.4, 0.5) is 4.39 Å². The van der Waals surface area contributed by atoms with E-state index in [2.05, 4.69) is 0 Å². The van der Waals surface area contributed by atoms with E-state index in [-0.39, 0.29) is 17.2 Å². The first-order valence-electron chi connectivity index (χ1n) is 10.1. The van der Waals surface area contributed by atoms with Gasteiger partial charge in [0.1, 0.15) is 11.6 Å². The number of amides is 1. The van der Waals surface area contributed by atoms with Gasteiger partial charge in [0, 0.05) is 24.7 Å². The van der Waals surface area contributed by atoms with E-state index < -0.39 is 11.8 Å². The highest BCUT2D eigenvalue weighted by atomic mass is 19.1. The van der Waals surface area contributed by atoms with Gasteiger partial charge in [0.2, 0.25) is 0 Å². The number of aromatic carboxylic acids is 1. The molecule has 0 unspecified atom stereocenters. The lowest BCUT2D eigenvalue weighted by Crippen LogP contribution is -2.31. The molecule has 0 spiro atoms. The molecule has 166 valence electrons. The van der Waals surface area contributed by atoms with Crippen LogP contribution in [0.1, 0.15) is 39.6 Å². The van der Waals surface area contributed by atoms with Crippen LogP contribution >= 0.6 is 0 Å². The van der Waals surface area contributed by atoms with Crippen molar-refractivity contribution in [2.75, 3.05) is 13.7 Å². The van der Waals surface area contributed by atoms with E-state index in [1.807, 2.05) is 6.92 Å². The van der Waals surface area contributed by atoms with Crippen LogP contribution in [0, 0.1) is 5.82 Å². The molecule has 6 nitrogen and oxygen atoms in total. The second-order valence-corrected chi connectivity index (χ2v) is 7.15. The maximum Gasteiger partial charge on any atom is 0.335 e. The summed E-state index contributed by atoms with van der Waals surface area (Å²) in [4.78, 5) is 25.8. The van der Waals surface area contributed by atoms with Gasteiger partial charge in [-0.1, -0.05) is 19.1 Å². The Morgan fingerprint density at radius 3 is 2.19 bits per heavy atom. The Balaban J connectivity index is 1.73. The topological polar surface area (TPSA) is 76.1 Å². The number of benzene rings is 3. The lowest BCUT2D eigenvalue weighted by atomic mass is 10.1. The predicted molar refractivity (Wildman–Crippen MR) is 118 cm³/mol. The van der Waals surface area contributed by atoms with E-state index in [0.29, 0.717) is 30.2 Å². The largest absolute Gasteiger partial charge is 0.493 e. The van der Waals surface area contributed by atoms with Crippen LogP contribution in [0.25, 0.3) is 0 Å². The van der Waals surface area contributed by atoms with Gasteiger partial charge in [0.05, 0.1) is 12.7 Å². The van der Waals surface area contributed by atoms with E-state index in [4.69, 9.17) is 14.6 Å². The third kappa shape index (κ3) is 5.63. The molecule has 3 aromatic carbocycles. The molecule has 32 heavy (non-hydrogen) atoms. The number of carboxylic acids is 1. The highest BCUT2D eigenvalue weighted by molar-refractivity contribution is 5.94. The molecule has 0 bridgehead atoms. The summed E-state index contributed by atoms with van der Waals surface area (Å²) in [5, 5.41) is 9.04. The summed E-state index contributed by atoms with van der Waals surface area (Å²) < 4.78 is 24.4. The van der Waals surface area contributed by atoms with Crippen molar-refractivity contribution in [3.63, 3.8) is 0 Å². The Hall–Kier alpha value is -3.87. The molecule has 0 saturated heterocycles. The van der Waals surface area contributed by atoms with Gasteiger partial charge in [0.25, 0.3) is 5.91 Å². The number of hydrogen-bond donors (Lipinski definition) is 1. The number of halogens is 1. The molecule has 0 aliphatic heterocycles. The average Bonchev–Trinajstić information content (AvgIpc) is 2.79. The molecule has 0 heterocycles. The third-order valence-electron chi connectivity index (χ3n) is 4.81. The molecule has 0 atom stereocenters. The molecule has 3 rings (SSSR count). The summed E-state index contributed by atoms with van der Waals surface area (Å²) in [5.74, 6) is -0.505. The molecule has 0 radical (unpaired) electrons. The third-order valence-corrected chi connectivity index (χ3v) is 4.81. The van der Waals surface area contributed by atoms with Gasteiger partial charge in [0.15, 0.2) is 11.5 Å². The van der Waals surface area contributed by atoms with Crippen molar-refractivity contribution in [2.45, 2.75) is 19.9 Å². The lowest BCUT2D eigenvalue weighted by Gasteiger charge is -2.22. The molecule has 1 amide bonds. The smallest absolute Gasteiger partial charge is 0.335 e. The number of nitrogens with zero attached hydrogens (tertiary/aromatic N) is 1. The normalized spacial score (nSPS) is 10.5. The number of ether oxygens (including phenoxy) is 2. The van der Waals surface area contributed by atoms with Crippen LogP contribution in [0.3, 0.4) is 0 Å². The van der Waals surface area contributed by atoms with E-state index in [0.717, 1.165) is 12.0 Å². The molecule has 0 fully saturated rings. The van der Waals surface area contributed by atoms with Crippen LogP contribution in [0.5, 0.6) is 17.2 Å². The number of hydrogen-bond acceptors (Lipinski definition) is 4. The van der Waals surface area contributed by atoms with Gasteiger partial charge in [-0.25, -0.2) is 9.18 Å². The predicted octanol–water partition coefficient (Wildman–Crippen LogP) is 5.38. The summed E-state index contributed by atoms with van der Waals surface area (Å²) in [6.07, 6.45) is 0.777.